The standard InChI is InChI=1S/C70H75NO/c1-7-9-13-23-50(4)64-46-67(60-29-19-21-31-62(60)68(64)45-52(6)53-41-43-59(44-42-53)71(57-25-15-11-16-26-57)58-27-17-12-18-28-58)55-37-39-56(40-38-55)70(72)48-69-63-32-22-20-30-61(63)66(54-35-33-49(3)34-36-54)47-65(69)51(5)24-14-10-8-2/h11-12,15-22,25-44,46-47,50-52,70,72H,7-10,13-14,23-24,45,48H2,1-6H3. The van der Waals surface area contributed by atoms with Crippen LogP contribution in [0.5, 0.6) is 0 Å². The van der Waals surface area contributed by atoms with E-state index < -0.39 is 6.10 Å². The van der Waals surface area contributed by atoms with Crippen molar-refractivity contribution < 1.29 is 5.11 Å². The number of anilines is 3. The average Bonchev–Trinajstić information content (AvgIpc) is 3.42. The first-order chi connectivity index (χ1) is 35.2. The zero-order valence-corrected chi connectivity index (χ0v) is 43.8. The van der Waals surface area contributed by atoms with Crippen molar-refractivity contribution in [1.29, 1.82) is 0 Å². The fraction of sp³-hybridized carbons (Fsp3) is 0.286. The van der Waals surface area contributed by atoms with Gasteiger partial charge in [0.2, 0.25) is 0 Å². The van der Waals surface area contributed by atoms with Crippen LogP contribution in [0.15, 0.2) is 194 Å². The predicted octanol–water partition coefficient (Wildman–Crippen LogP) is 20.1. The largest absolute Gasteiger partial charge is 0.388 e. The molecular weight excluding hydrogens is 871 g/mol. The highest BCUT2D eigenvalue weighted by Gasteiger charge is 2.23. The third-order valence-corrected chi connectivity index (χ3v) is 15.6. The van der Waals surface area contributed by atoms with Crippen molar-refractivity contribution in [1.82, 2.24) is 0 Å². The Morgan fingerprint density at radius 1 is 0.403 bits per heavy atom. The van der Waals surface area contributed by atoms with E-state index in [-0.39, 0.29) is 0 Å². The van der Waals surface area contributed by atoms with Crippen molar-refractivity contribution in [3.05, 3.63) is 233 Å². The molecule has 0 saturated heterocycles. The van der Waals surface area contributed by atoms with Crippen LogP contribution in [0.3, 0.4) is 0 Å². The minimum atomic E-state index is -0.641. The van der Waals surface area contributed by atoms with E-state index in [0.29, 0.717) is 24.2 Å². The molecular formula is C70H75NO. The lowest BCUT2D eigenvalue weighted by atomic mass is 9.80. The van der Waals surface area contributed by atoms with Crippen molar-refractivity contribution in [3.8, 4) is 22.3 Å². The highest BCUT2D eigenvalue weighted by Crippen LogP contribution is 2.43. The summed E-state index contributed by atoms with van der Waals surface area (Å²) < 4.78 is 0. The number of aliphatic hydroxyl groups excluding tert-OH is 1. The number of unbranched alkanes of at least 4 members (excludes halogenated alkanes) is 4. The first-order valence-corrected chi connectivity index (χ1v) is 27.2. The number of hydrogen-bond donors (Lipinski definition) is 1. The molecule has 4 atom stereocenters. The number of nitrogens with zero attached hydrogens (tertiary/aromatic N) is 1. The average molecular weight is 946 g/mol. The van der Waals surface area contributed by atoms with Gasteiger partial charge in [-0.1, -0.05) is 224 Å². The maximum absolute atomic E-state index is 12.3. The van der Waals surface area contributed by atoms with Gasteiger partial charge in [-0.05, 0) is 170 Å². The highest BCUT2D eigenvalue weighted by molar-refractivity contribution is 6.01. The smallest absolute Gasteiger partial charge is 0.0830 e. The van der Waals surface area contributed by atoms with Crippen molar-refractivity contribution in [2.75, 3.05) is 4.90 Å². The van der Waals surface area contributed by atoms with Crippen LogP contribution >= 0.6 is 0 Å². The van der Waals surface area contributed by atoms with Gasteiger partial charge in [-0.25, -0.2) is 0 Å². The van der Waals surface area contributed by atoms with E-state index in [1.807, 2.05) is 0 Å². The molecule has 72 heavy (non-hydrogen) atoms. The maximum Gasteiger partial charge on any atom is 0.0830 e. The Morgan fingerprint density at radius 3 is 1.28 bits per heavy atom. The van der Waals surface area contributed by atoms with Gasteiger partial charge in [0.05, 0.1) is 6.10 Å². The molecule has 0 bridgehead atoms. The van der Waals surface area contributed by atoms with Crippen LogP contribution in [-0.4, -0.2) is 5.11 Å². The van der Waals surface area contributed by atoms with Crippen LogP contribution in [0.25, 0.3) is 43.8 Å². The normalized spacial score (nSPS) is 13.3. The second kappa shape index (κ2) is 23.7. The van der Waals surface area contributed by atoms with Crippen LogP contribution in [0.4, 0.5) is 17.1 Å². The topological polar surface area (TPSA) is 23.5 Å². The predicted molar refractivity (Wildman–Crippen MR) is 311 cm³/mol. The molecule has 0 amide bonds. The van der Waals surface area contributed by atoms with Gasteiger partial charge in [-0.2, -0.15) is 0 Å². The van der Waals surface area contributed by atoms with Gasteiger partial charge >= 0.3 is 0 Å². The minimum absolute atomic E-state index is 0.313. The van der Waals surface area contributed by atoms with E-state index in [4.69, 9.17) is 0 Å². The van der Waals surface area contributed by atoms with Crippen LogP contribution < -0.4 is 4.90 Å². The summed E-state index contributed by atoms with van der Waals surface area (Å²) in [5.41, 5.74) is 17.6. The third-order valence-electron chi connectivity index (χ3n) is 15.6. The lowest BCUT2D eigenvalue weighted by Gasteiger charge is -2.26. The molecule has 0 spiro atoms. The molecule has 0 aliphatic rings. The van der Waals surface area contributed by atoms with Gasteiger partial charge in [-0.3, -0.25) is 0 Å². The van der Waals surface area contributed by atoms with Crippen molar-refractivity contribution in [2.24, 2.45) is 0 Å². The molecule has 9 aromatic rings. The van der Waals surface area contributed by atoms with Crippen LogP contribution in [-0.2, 0) is 12.8 Å². The number of aliphatic hydroxyl groups is 1. The van der Waals surface area contributed by atoms with Gasteiger partial charge in [-0.15, -0.1) is 0 Å². The van der Waals surface area contributed by atoms with E-state index in [1.165, 1.54) is 122 Å². The Bertz CT molecular complexity index is 3110. The Balaban J connectivity index is 1.03. The maximum atomic E-state index is 12.3. The molecule has 2 heteroatoms. The van der Waals surface area contributed by atoms with Gasteiger partial charge in [0.15, 0.2) is 0 Å². The summed E-state index contributed by atoms with van der Waals surface area (Å²) in [6.07, 6.45) is 10.5. The van der Waals surface area contributed by atoms with E-state index in [0.717, 1.165) is 35.5 Å². The summed E-state index contributed by atoms with van der Waals surface area (Å²) in [6, 6.07) is 71.4. The van der Waals surface area contributed by atoms with Gasteiger partial charge in [0.25, 0.3) is 0 Å². The molecule has 0 aliphatic heterocycles. The van der Waals surface area contributed by atoms with Gasteiger partial charge in [0.1, 0.15) is 0 Å². The number of hydrogen-bond acceptors (Lipinski definition) is 2. The number of aryl methyl sites for hydroxylation is 1. The zero-order valence-electron chi connectivity index (χ0n) is 43.8. The second-order valence-electron chi connectivity index (χ2n) is 20.8. The molecule has 4 unspecified atom stereocenters. The molecule has 0 heterocycles. The molecule has 0 aliphatic carbocycles. The molecule has 0 aromatic heterocycles. The Hall–Kier alpha value is -6.74. The molecule has 9 rings (SSSR count). The molecule has 366 valence electrons. The number of benzene rings is 9. The van der Waals surface area contributed by atoms with E-state index in [1.54, 1.807) is 0 Å². The van der Waals surface area contributed by atoms with Gasteiger partial charge in [0, 0.05) is 23.5 Å². The summed E-state index contributed by atoms with van der Waals surface area (Å²) in [7, 11) is 0. The first kappa shape index (κ1) is 50.2. The summed E-state index contributed by atoms with van der Waals surface area (Å²) in [6.45, 7) is 14.0. The second-order valence-corrected chi connectivity index (χ2v) is 20.8. The lowest BCUT2D eigenvalue weighted by molar-refractivity contribution is 0.178. The van der Waals surface area contributed by atoms with E-state index in [2.05, 4.69) is 241 Å². The quantitative estimate of drug-likeness (QED) is 0.0726. The Labute approximate surface area is 431 Å². The SMILES string of the molecule is CCCCCC(C)c1cc(-c2ccc(C(O)Cc3c(C(C)CCCCC)cc(-c4ccc(C)cc4)c4ccccc34)cc2)c2ccccc2c1CC(C)c1ccc(N(c2ccccc2)c2ccccc2)cc1. The zero-order chi connectivity index (χ0) is 50.0. The number of rotatable bonds is 21. The molecule has 0 fully saturated rings. The summed E-state index contributed by atoms with van der Waals surface area (Å²) >= 11 is 0. The summed E-state index contributed by atoms with van der Waals surface area (Å²) in [5, 5.41) is 17.4. The van der Waals surface area contributed by atoms with E-state index in [9.17, 15) is 5.11 Å². The number of fused-ring (bicyclic) bond motifs is 2. The monoisotopic (exact) mass is 946 g/mol. The van der Waals surface area contributed by atoms with Crippen molar-refractivity contribution in [3.63, 3.8) is 0 Å². The third kappa shape index (κ3) is 11.3. The fourth-order valence-electron chi connectivity index (χ4n) is 11.3. The van der Waals surface area contributed by atoms with E-state index >= 15 is 0 Å². The van der Waals surface area contributed by atoms with Gasteiger partial charge < -0.3 is 10.0 Å². The Kier molecular flexibility index (Phi) is 16.5. The van der Waals surface area contributed by atoms with Crippen LogP contribution in [0.2, 0.25) is 0 Å². The fourth-order valence-corrected chi connectivity index (χ4v) is 11.3. The molecule has 2 nitrogen and oxygen atoms in total. The highest BCUT2D eigenvalue weighted by atomic mass is 16.3. The molecule has 9 aromatic carbocycles. The molecule has 0 radical (unpaired) electrons. The van der Waals surface area contributed by atoms with Crippen LogP contribution in [0.1, 0.15) is 149 Å². The first-order valence-electron chi connectivity index (χ1n) is 27.2. The summed E-state index contributed by atoms with van der Waals surface area (Å²) in [5.74, 6) is 1.11. The molecule has 1 N–H and O–H groups in total. The lowest BCUT2D eigenvalue weighted by Crippen LogP contribution is -2.10. The number of para-hydroxylation sites is 2. The minimum Gasteiger partial charge on any atom is -0.388 e. The molecule has 0 saturated carbocycles. The Morgan fingerprint density at radius 2 is 0.806 bits per heavy atom. The summed E-state index contributed by atoms with van der Waals surface area (Å²) in [4.78, 5) is 2.34. The van der Waals surface area contributed by atoms with Crippen molar-refractivity contribution >= 4 is 38.6 Å². The van der Waals surface area contributed by atoms with Crippen LogP contribution in [0, 0.1) is 6.92 Å². The van der Waals surface area contributed by atoms with Crippen molar-refractivity contribution in [2.45, 2.75) is 130 Å².